The number of hydrogen-bond acceptors (Lipinski definition) is 3. The van der Waals surface area contributed by atoms with Crippen LogP contribution in [0.2, 0.25) is 0 Å². The third-order valence-corrected chi connectivity index (χ3v) is 2.37. The van der Waals surface area contributed by atoms with Gasteiger partial charge in [-0.3, -0.25) is 0 Å². The Labute approximate surface area is 83.4 Å². The Morgan fingerprint density at radius 1 is 1.31 bits per heavy atom. The van der Waals surface area contributed by atoms with Gasteiger partial charge < -0.3 is 0 Å². The van der Waals surface area contributed by atoms with Crippen molar-refractivity contribution in [2.45, 2.75) is 24.7 Å². The van der Waals surface area contributed by atoms with Crippen LogP contribution in [-0.4, -0.2) is 7.11 Å². The summed E-state index contributed by atoms with van der Waals surface area (Å²) in [7, 11) is 1.50. The first-order valence-corrected chi connectivity index (χ1v) is 4.95. The van der Waals surface area contributed by atoms with Crippen LogP contribution in [0, 0.1) is 0 Å². The topological polar surface area (TPSA) is 18.5 Å². The Kier molecular flexibility index (Phi) is 4.28. The van der Waals surface area contributed by atoms with E-state index in [0.29, 0.717) is 5.92 Å². The summed E-state index contributed by atoms with van der Waals surface area (Å²) in [6.07, 6.45) is 0. The van der Waals surface area contributed by atoms with E-state index in [4.69, 9.17) is 4.33 Å². The quantitative estimate of drug-likeness (QED) is 0.419. The fraction of sp³-hybridized carbons (Fsp3) is 0.400. The molecule has 1 aromatic carbocycles. The van der Waals surface area contributed by atoms with E-state index in [1.165, 1.54) is 24.7 Å². The van der Waals surface area contributed by atoms with E-state index in [1.807, 2.05) is 12.1 Å². The Morgan fingerprint density at radius 2 is 2.08 bits per heavy atom. The summed E-state index contributed by atoms with van der Waals surface area (Å²) in [4.78, 5) is 5.57. The maximum Gasteiger partial charge on any atom is 0.0725 e. The minimum Gasteiger partial charge on any atom is -0.227 e. The Balaban J connectivity index is 2.68. The summed E-state index contributed by atoms with van der Waals surface area (Å²) in [6, 6.07) is 8.24. The molecule has 72 valence electrons. The fourth-order valence-corrected chi connectivity index (χ4v) is 1.46. The first kappa shape index (κ1) is 10.6. The van der Waals surface area contributed by atoms with Gasteiger partial charge in [-0.1, -0.05) is 26.0 Å². The lowest BCUT2D eigenvalue weighted by molar-refractivity contribution is -0.160. The maximum atomic E-state index is 4.77. The van der Waals surface area contributed by atoms with E-state index in [0.717, 1.165) is 4.90 Å². The van der Waals surface area contributed by atoms with Gasteiger partial charge >= 0.3 is 0 Å². The van der Waals surface area contributed by atoms with Crippen LogP contribution in [0.15, 0.2) is 29.2 Å². The molecule has 0 heterocycles. The second-order valence-electron chi connectivity index (χ2n) is 3.05. The molecule has 0 atom stereocenters. The van der Waals surface area contributed by atoms with Crippen molar-refractivity contribution in [2.75, 3.05) is 7.11 Å². The molecule has 3 heteroatoms. The zero-order chi connectivity index (χ0) is 9.68. The molecule has 0 saturated heterocycles. The predicted molar refractivity (Wildman–Crippen MR) is 54.5 cm³/mol. The molecule has 0 fully saturated rings. The van der Waals surface area contributed by atoms with Crippen molar-refractivity contribution >= 4 is 12.0 Å². The highest BCUT2D eigenvalue weighted by atomic mass is 32.2. The van der Waals surface area contributed by atoms with Crippen molar-refractivity contribution in [1.82, 2.24) is 0 Å². The van der Waals surface area contributed by atoms with Crippen LogP contribution >= 0.6 is 12.0 Å². The summed E-state index contributed by atoms with van der Waals surface area (Å²) in [5.74, 6) is 0.545. The molecule has 0 saturated carbocycles. The minimum atomic E-state index is 0.545. The average molecular weight is 198 g/mol. The van der Waals surface area contributed by atoms with Gasteiger partial charge in [0, 0.05) is 4.90 Å². The van der Waals surface area contributed by atoms with Crippen molar-refractivity contribution in [3.63, 3.8) is 0 Å². The van der Waals surface area contributed by atoms with E-state index in [-0.39, 0.29) is 0 Å². The van der Waals surface area contributed by atoms with Gasteiger partial charge in [-0.2, -0.15) is 4.33 Å². The second kappa shape index (κ2) is 5.27. The maximum absolute atomic E-state index is 4.77. The highest BCUT2D eigenvalue weighted by Crippen LogP contribution is 2.23. The van der Waals surface area contributed by atoms with Gasteiger partial charge in [-0.25, -0.2) is 4.89 Å². The lowest BCUT2D eigenvalue weighted by Crippen LogP contribution is -1.87. The van der Waals surface area contributed by atoms with E-state index < -0.39 is 0 Å². The van der Waals surface area contributed by atoms with Crippen molar-refractivity contribution in [1.29, 1.82) is 0 Å². The van der Waals surface area contributed by atoms with Crippen molar-refractivity contribution < 1.29 is 9.22 Å². The van der Waals surface area contributed by atoms with E-state index in [2.05, 4.69) is 30.9 Å². The van der Waals surface area contributed by atoms with Gasteiger partial charge in [0.25, 0.3) is 0 Å². The lowest BCUT2D eigenvalue weighted by atomic mass is 10.0. The van der Waals surface area contributed by atoms with Crippen LogP contribution in [0.1, 0.15) is 25.3 Å². The summed E-state index contributed by atoms with van der Waals surface area (Å²) in [5.41, 5.74) is 1.31. The van der Waals surface area contributed by atoms with E-state index in [9.17, 15) is 0 Å². The molecule has 0 bridgehead atoms. The molecule has 0 aliphatic heterocycles. The lowest BCUT2D eigenvalue weighted by Gasteiger charge is -2.06. The molecular formula is C10H14O2S. The van der Waals surface area contributed by atoms with Gasteiger partial charge in [-0.05, 0) is 23.6 Å². The van der Waals surface area contributed by atoms with Crippen molar-refractivity contribution in [3.8, 4) is 0 Å². The Bertz CT molecular complexity index is 261. The second-order valence-corrected chi connectivity index (χ2v) is 3.82. The first-order chi connectivity index (χ1) is 6.24. The van der Waals surface area contributed by atoms with Gasteiger partial charge in [0.05, 0.1) is 19.2 Å². The Morgan fingerprint density at radius 3 is 2.69 bits per heavy atom. The van der Waals surface area contributed by atoms with E-state index in [1.54, 1.807) is 0 Å². The van der Waals surface area contributed by atoms with Crippen LogP contribution in [-0.2, 0) is 9.22 Å². The van der Waals surface area contributed by atoms with E-state index >= 15 is 0 Å². The summed E-state index contributed by atoms with van der Waals surface area (Å²) >= 11 is 1.23. The third kappa shape index (κ3) is 3.38. The normalized spacial score (nSPS) is 10.8. The molecule has 0 amide bonds. The first-order valence-electron chi connectivity index (χ1n) is 4.21. The van der Waals surface area contributed by atoms with Crippen LogP contribution in [0.25, 0.3) is 0 Å². The molecule has 1 rings (SSSR count). The molecule has 0 aliphatic rings. The third-order valence-electron chi connectivity index (χ3n) is 1.72. The Hall–Kier alpha value is -0.510. The van der Waals surface area contributed by atoms with Gasteiger partial charge in [-0.15, -0.1) is 0 Å². The van der Waals surface area contributed by atoms with Crippen LogP contribution in [0.3, 0.4) is 0 Å². The van der Waals surface area contributed by atoms with Gasteiger partial charge in [0.2, 0.25) is 0 Å². The molecule has 13 heavy (non-hydrogen) atoms. The molecule has 0 N–H and O–H groups in total. The molecule has 0 unspecified atom stereocenters. The highest BCUT2D eigenvalue weighted by molar-refractivity contribution is 7.94. The number of hydrogen-bond donors (Lipinski definition) is 0. The smallest absolute Gasteiger partial charge is 0.0725 e. The molecule has 0 spiro atoms. The number of rotatable bonds is 4. The minimum absolute atomic E-state index is 0.545. The zero-order valence-corrected chi connectivity index (χ0v) is 8.93. The molecular weight excluding hydrogens is 184 g/mol. The van der Waals surface area contributed by atoms with Gasteiger partial charge in [0.1, 0.15) is 0 Å². The summed E-state index contributed by atoms with van der Waals surface area (Å²) in [6.45, 7) is 4.34. The molecule has 0 aromatic heterocycles. The largest absolute Gasteiger partial charge is 0.227 e. The average Bonchev–Trinajstić information content (AvgIpc) is 2.15. The number of benzene rings is 1. The fourth-order valence-electron chi connectivity index (χ4n) is 0.999. The SMILES string of the molecule is COOSc1cccc(C(C)C)c1. The van der Waals surface area contributed by atoms with Crippen LogP contribution in [0.5, 0.6) is 0 Å². The van der Waals surface area contributed by atoms with Crippen LogP contribution in [0.4, 0.5) is 0 Å². The molecule has 0 aliphatic carbocycles. The summed E-state index contributed by atoms with van der Waals surface area (Å²) in [5, 5.41) is 0. The van der Waals surface area contributed by atoms with Crippen molar-refractivity contribution in [2.24, 2.45) is 0 Å². The van der Waals surface area contributed by atoms with Gasteiger partial charge in [0.15, 0.2) is 0 Å². The standard InChI is InChI=1S/C10H14O2S/c1-8(2)9-5-4-6-10(7-9)13-12-11-3/h4-8H,1-3H3. The molecule has 2 nitrogen and oxygen atoms in total. The monoisotopic (exact) mass is 198 g/mol. The summed E-state index contributed by atoms with van der Waals surface area (Å²) < 4.78 is 4.77. The van der Waals surface area contributed by atoms with Crippen molar-refractivity contribution in [3.05, 3.63) is 29.8 Å². The zero-order valence-electron chi connectivity index (χ0n) is 8.11. The molecule has 1 aromatic rings. The van der Waals surface area contributed by atoms with Crippen LogP contribution < -0.4 is 0 Å². The predicted octanol–water partition coefficient (Wildman–Crippen LogP) is 3.40. The molecule has 0 radical (unpaired) electrons. The highest BCUT2D eigenvalue weighted by Gasteiger charge is 2.00.